The van der Waals surface area contributed by atoms with Crippen LogP contribution in [0.4, 0.5) is 0 Å². The number of benzene rings is 2. The number of hydrogen-bond donors (Lipinski definition) is 2. The van der Waals surface area contributed by atoms with Crippen molar-refractivity contribution in [3.8, 4) is 17.2 Å². The molecule has 0 aliphatic heterocycles. The number of ether oxygens (including phenoxy) is 2. The first-order chi connectivity index (χ1) is 12.5. The summed E-state index contributed by atoms with van der Waals surface area (Å²) >= 11 is 0. The van der Waals surface area contributed by atoms with E-state index in [0.717, 1.165) is 0 Å². The third-order valence-electron chi connectivity index (χ3n) is 3.33. The van der Waals surface area contributed by atoms with E-state index >= 15 is 0 Å². The Morgan fingerprint density at radius 1 is 0.962 bits per heavy atom. The van der Waals surface area contributed by atoms with Crippen molar-refractivity contribution >= 4 is 23.9 Å². The number of hydrogen-bond acceptors (Lipinski definition) is 6. The number of carbonyl (C=O) groups is 2. The van der Waals surface area contributed by atoms with E-state index in [4.69, 9.17) is 9.47 Å². The van der Waals surface area contributed by atoms with Crippen molar-refractivity contribution < 1.29 is 29.3 Å². The summed E-state index contributed by atoms with van der Waals surface area (Å²) in [6, 6.07) is 10.9. The van der Waals surface area contributed by atoms with Gasteiger partial charge in [-0.25, -0.2) is 4.79 Å². The van der Waals surface area contributed by atoms with Crippen LogP contribution in [-0.4, -0.2) is 35.7 Å². The molecule has 0 aliphatic rings. The fraction of sp³-hybridized carbons (Fsp3) is 0.100. The molecule has 0 bridgehead atoms. The van der Waals surface area contributed by atoms with E-state index in [9.17, 15) is 19.8 Å². The molecule has 0 saturated carbocycles. The van der Waals surface area contributed by atoms with Crippen molar-refractivity contribution in [3.63, 3.8) is 0 Å². The maximum Gasteiger partial charge on any atom is 0.331 e. The smallest absolute Gasteiger partial charge is 0.331 e. The van der Waals surface area contributed by atoms with E-state index in [2.05, 4.69) is 0 Å². The van der Waals surface area contributed by atoms with Crippen molar-refractivity contribution in [1.82, 2.24) is 0 Å². The summed E-state index contributed by atoms with van der Waals surface area (Å²) in [6.45, 7) is -0.384. The Morgan fingerprint density at radius 2 is 1.62 bits per heavy atom. The topological polar surface area (TPSA) is 93.1 Å². The van der Waals surface area contributed by atoms with E-state index in [1.807, 2.05) is 0 Å². The minimum Gasteiger partial charge on any atom is -0.508 e. The molecule has 6 heteroatoms. The number of esters is 1. The zero-order chi connectivity index (χ0) is 18.9. The molecule has 2 aromatic carbocycles. The molecule has 0 aliphatic carbocycles. The molecule has 2 rings (SSSR count). The summed E-state index contributed by atoms with van der Waals surface area (Å²) in [4.78, 5) is 23.4. The molecule has 0 fully saturated rings. The maximum absolute atomic E-state index is 11.8. The largest absolute Gasteiger partial charge is 0.508 e. The minimum absolute atomic E-state index is 0.00493. The molecular weight excluding hydrogens is 336 g/mol. The summed E-state index contributed by atoms with van der Waals surface area (Å²) < 4.78 is 9.84. The lowest BCUT2D eigenvalue weighted by Gasteiger charge is -2.03. The van der Waals surface area contributed by atoms with E-state index < -0.39 is 5.97 Å². The van der Waals surface area contributed by atoms with Gasteiger partial charge in [0.2, 0.25) is 0 Å². The van der Waals surface area contributed by atoms with Crippen LogP contribution >= 0.6 is 0 Å². The molecule has 0 spiro atoms. The third-order valence-corrected chi connectivity index (χ3v) is 3.33. The molecule has 0 amide bonds. The van der Waals surface area contributed by atoms with Crippen LogP contribution in [0.1, 0.15) is 11.1 Å². The van der Waals surface area contributed by atoms with Gasteiger partial charge in [0.15, 0.2) is 23.9 Å². The number of carbonyl (C=O) groups excluding carboxylic acids is 2. The Labute approximate surface area is 150 Å². The van der Waals surface area contributed by atoms with E-state index in [-0.39, 0.29) is 23.9 Å². The first-order valence-electron chi connectivity index (χ1n) is 7.69. The Bertz CT molecular complexity index is 834. The molecule has 26 heavy (non-hydrogen) atoms. The highest BCUT2D eigenvalue weighted by molar-refractivity contribution is 5.96. The average molecular weight is 354 g/mol. The van der Waals surface area contributed by atoms with Crippen LogP contribution in [0.25, 0.3) is 12.2 Å². The van der Waals surface area contributed by atoms with Crippen LogP contribution in [0.5, 0.6) is 17.2 Å². The molecular formula is C20H18O6. The second-order valence-electron chi connectivity index (χ2n) is 5.26. The SMILES string of the molecule is COc1cc(/C=C/C(=O)COC(=O)/C=C/c2ccc(O)cc2)ccc1O. The molecule has 134 valence electrons. The lowest BCUT2D eigenvalue weighted by molar-refractivity contribution is -0.141. The molecule has 0 aromatic heterocycles. The predicted molar refractivity (Wildman–Crippen MR) is 96.8 cm³/mol. The fourth-order valence-corrected chi connectivity index (χ4v) is 1.98. The number of aromatic hydroxyl groups is 2. The van der Waals surface area contributed by atoms with Crippen LogP contribution in [0.3, 0.4) is 0 Å². The van der Waals surface area contributed by atoms with Crippen molar-refractivity contribution in [2.24, 2.45) is 0 Å². The van der Waals surface area contributed by atoms with Crippen LogP contribution in [0.15, 0.2) is 54.6 Å². The van der Waals surface area contributed by atoms with Crippen molar-refractivity contribution in [2.75, 3.05) is 13.7 Å². The molecule has 0 atom stereocenters. The first kappa shape index (κ1) is 18.8. The van der Waals surface area contributed by atoms with Crippen LogP contribution < -0.4 is 4.74 Å². The van der Waals surface area contributed by atoms with Gasteiger partial charge in [0.1, 0.15) is 5.75 Å². The Balaban J connectivity index is 1.84. The van der Waals surface area contributed by atoms with Gasteiger partial charge in [0.25, 0.3) is 0 Å². The van der Waals surface area contributed by atoms with Gasteiger partial charge < -0.3 is 19.7 Å². The molecule has 2 N–H and O–H groups in total. The van der Waals surface area contributed by atoms with Crippen LogP contribution in [-0.2, 0) is 14.3 Å². The summed E-state index contributed by atoms with van der Waals surface area (Å²) in [5.41, 5.74) is 1.37. The van der Waals surface area contributed by atoms with Gasteiger partial charge in [-0.1, -0.05) is 24.3 Å². The summed E-state index contributed by atoms with van der Waals surface area (Å²) in [5, 5.41) is 18.7. The molecule has 0 saturated heterocycles. The second kappa shape index (κ2) is 9.08. The van der Waals surface area contributed by atoms with Crippen molar-refractivity contribution in [1.29, 1.82) is 0 Å². The maximum atomic E-state index is 11.8. The van der Waals surface area contributed by atoms with Crippen molar-refractivity contribution in [2.45, 2.75) is 0 Å². The van der Waals surface area contributed by atoms with Gasteiger partial charge in [-0.3, -0.25) is 4.79 Å². The first-order valence-corrected chi connectivity index (χ1v) is 7.69. The number of phenolic OH excluding ortho intramolecular Hbond substituents is 2. The van der Waals surface area contributed by atoms with Crippen molar-refractivity contribution in [3.05, 3.63) is 65.7 Å². The fourth-order valence-electron chi connectivity index (χ4n) is 1.98. The van der Waals surface area contributed by atoms with Gasteiger partial charge in [-0.05, 0) is 47.5 Å². The third kappa shape index (κ3) is 5.83. The Hall–Kier alpha value is -3.54. The van der Waals surface area contributed by atoms with Gasteiger partial charge in [-0.15, -0.1) is 0 Å². The lowest BCUT2D eigenvalue weighted by Crippen LogP contribution is -2.09. The summed E-state index contributed by atoms with van der Waals surface area (Å²) in [7, 11) is 1.43. The molecule has 2 aromatic rings. The number of phenols is 2. The summed E-state index contributed by atoms with van der Waals surface area (Å²) in [6.07, 6.45) is 5.53. The van der Waals surface area contributed by atoms with Gasteiger partial charge in [0.05, 0.1) is 7.11 Å². The minimum atomic E-state index is -0.647. The lowest BCUT2D eigenvalue weighted by atomic mass is 10.1. The normalized spacial score (nSPS) is 11.0. The average Bonchev–Trinajstić information content (AvgIpc) is 2.65. The van der Waals surface area contributed by atoms with Gasteiger partial charge in [0, 0.05) is 6.08 Å². The van der Waals surface area contributed by atoms with Crippen LogP contribution in [0, 0.1) is 0 Å². The Morgan fingerprint density at radius 3 is 2.31 bits per heavy atom. The molecule has 6 nitrogen and oxygen atoms in total. The highest BCUT2D eigenvalue weighted by Crippen LogP contribution is 2.26. The number of rotatable bonds is 7. The quantitative estimate of drug-likeness (QED) is 0.587. The highest BCUT2D eigenvalue weighted by Gasteiger charge is 2.04. The van der Waals surface area contributed by atoms with Gasteiger partial charge in [-0.2, -0.15) is 0 Å². The van der Waals surface area contributed by atoms with E-state index in [1.165, 1.54) is 49.6 Å². The van der Waals surface area contributed by atoms with E-state index in [0.29, 0.717) is 16.9 Å². The number of ketones is 1. The molecule has 0 unspecified atom stereocenters. The monoisotopic (exact) mass is 354 g/mol. The highest BCUT2D eigenvalue weighted by atomic mass is 16.5. The number of methoxy groups -OCH3 is 1. The summed E-state index contributed by atoms with van der Waals surface area (Å²) in [5.74, 6) is -0.598. The zero-order valence-electron chi connectivity index (χ0n) is 14.1. The zero-order valence-corrected chi connectivity index (χ0v) is 14.1. The second-order valence-corrected chi connectivity index (χ2v) is 5.26. The van der Waals surface area contributed by atoms with Gasteiger partial charge >= 0.3 is 5.97 Å². The predicted octanol–water partition coefficient (Wildman–Crippen LogP) is 2.95. The van der Waals surface area contributed by atoms with E-state index in [1.54, 1.807) is 24.3 Å². The molecule has 0 heterocycles. The van der Waals surface area contributed by atoms with Crippen LogP contribution in [0.2, 0.25) is 0 Å². The Kier molecular flexibility index (Phi) is 6.56. The standard InChI is InChI=1S/C20H18O6/c1-25-19-12-15(5-10-18(19)23)4-9-17(22)13-26-20(24)11-6-14-2-7-16(21)8-3-14/h2-12,21,23H,13H2,1H3/b9-4+,11-6+. The molecule has 0 radical (unpaired) electrons.